The van der Waals surface area contributed by atoms with Crippen LogP contribution in [0.3, 0.4) is 0 Å². The number of imidazole rings is 1. The molecule has 0 fully saturated rings. The van der Waals surface area contributed by atoms with Crippen LogP contribution < -0.4 is 15.4 Å². The summed E-state index contributed by atoms with van der Waals surface area (Å²) in [4.78, 5) is 38.3. The lowest BCUT2D eigenvalue weighted by Gasteiger charge is -2.22. The van der Waals surface area contributed by atoms with Crippen LogP contribution in [0.15, 0.2) is 30.5 Å². The second-order valence-electron chi connectivity index (χ2n) is 10.2. The van der Waals surface area contributed by atoms with Gasteiger partial charge >= 0.3 is 18.2 Å². The lowest BCUT2D eigenvalue weighted by Crippen LogP contribution is -2.44. The van der Waals surface area contributed by atoms with E-state index in [1.165, 1.54) is 6.07 Å². The van der Waals surface area contributed by atoms with Gasteiger partial charge in [-0.3, -0.25) is 9.20 Å². The number of carboxylic acid groups (broad SMARTS) is 1. The maximum absolute atomic E-state index is 14.0. The first kappa shape index (κ1) is 33.8. The van der Waals surface area contributed by atoms with Crippen molar-refractivity contribution in [3.05, 3.63) is 64.6 Å². The number of aromatic nitrogens is 2. The first-order chi connectivity index (χ1) is 19.3. The summed E-state index contributed by atoms with van der Waals surface area (Å²) in [5.41, 5.74) is 1.01. The van der Waals surface area contributed by atoms with E-state index < -0.39 is 41.4 Å². The number of carbonyl (C=O) groups excluding carboxylic acids is 2. The van der Waals surface area contributed by atoms with E-state index in [9.17, 15) is 31.5 Å². The lowest BCUT2D eigenvalue weighted by atomic mass is 10.2. The number of benzene rings is 1. The molecule has 0 bridgehead atoms. The summed E-state index contributed by atoms with van der Waals surface area (Å²) in [6.45, 7) is 10.3. The molecule has 3 rings (SSSR count). The Kier molecular flexibility index (Phi) is 10.8. The lowest BCUT2D eigenvalue weighted by molar-refractivity contribution is -0.192. The van der Waals surface area contributed by atoms with E-state index in [1.807, 2.05) is 0 Å². The molecule has 2 aromatic heterocycles. The molecule has 0 saturated heterocycles. The molecule has 3 aromatic rings. The molecule has 1 unspecified atom stereocenters. The van der Waals surface area contributed by atoms with E-state index in [1.54, 1.807) is 58.2 Å². The molecule has 0 saturated carbocycles. The minimum absolute atomic E-state index is 0.159. The van der Waals surface area contributed by atoms with Crippen molar-refractivity contribution in [1.29, 1.82) is 0 Å². The number of aliphatic carboxylic acids is 1. The predicted molar refractivity (Wildman–Crippen MR) is 140 cm³/mol. The molecule has 2 amide bonds. The van der Waals surface area contributed by atoms with Gasteiger partial charge in [-0.25, -0.2) is 23.4 Å². The number of alkyl carbamates (subject to hydrolysis) is 1. The maximum atomic E-state index is 14.0. The van der Waals surface area contributed by atoms with Gasteiger partial charge in [-0.05, 0) is 65.3 Å². The molecule has 0 radical (unpaired) electrons. The van der Waals surface area contributed by atoms with Crippen LogP contribution in [0.4, 0.5) is 26.7 Å². The summed E-state index contributed by atoms with van der Waals surface area (Å²) in [7, 11) is 0. The Morgan fingerprint density at radius 2 is 1.67 bits per heavy atom. The molecule has 3 N–H and O–H groups in total. The summed E-state index contributed by atoms with van der Waals surface area (Å²) in [6.07, 6.45) is -3.93. The Morgan fingerprint density at radius 3 is 2.19 bits per heavy atom. The number of ether oxygens (including phenoxy) is 2. The van der Waals surface area contributed by atoms with Gasteiger partial charge in [0.1, 0.15) is 29.5 Å². The van der Waals surface area contributed by atoms with Crippen LogP contribution in [0.25, 0.3) is 5.65 Å². The molecular formula is C27H31F5N4O6. The molecule has 1 atom stereocenters. The number of hydrogen-bond acceptors (Lipinski definition) is 6. The number of rotatable bonds is 7. The molecule has 230 valence electrons. The van der Waals surface area contributed by atoms with Crippen LogP contribution in [0.5, 0.6) is 5.75 Å². The van der Waals surface area contributed by atoms with Crippen molar-refractivity contribution >= 4 is 23.6 Å². The average molecular weight is 603 g/mol. The summed E-state index contributed by atoms with van der Waals surface area (Å²) in [6, 6.07) is 4.91. The van der Waals surface area contributed by atoms with Crippen LogP contribution in [0, 0.1) is 25.5 Å². The zero-order valence-electron chi connectivity index (χ0n) is 23.7. The van der Waals surface area contributed by atoms with Crippen molar-refractivity contribution in [2.45, 2.75) is 66.0 Å². The molecule has 0 aliphatic carbocycles. The highest BCUT2D eigenvalue weighted by atomic mass is 19.4. The fourth-order valence-electron chi connectivity index (χ4n) is 3.45. The van der Waals surface area contributed by atoms with Crippen molar-refractivity contribution in [2.24, 2.45) is 0 Å². The molecule has 0 aliphatic heterocycles. The minimum atomic E-state index is -5.08. The van der Waals surface area contributed by atoms with Crippen molar-refractivity contribution in [3.63, 3.8) is 0 Å². The Morgan fingerprint density at radius 1 is 1.10 bits per heavy atom. The van der Waals surface area contributed by atoms with E-state index in [-0.39, 0.29) is 36.2 Å². The summed E-state index contributed by atoms with van der Waals surface area (Å²) < 4.78 is 72.3. The molecule has 42 heavy (non-hydrogen) atoms. The number of hydrogen-bond donors (Lipinski definition) is 3. The molecule has 10 nitrogen and oxygen atoms in total. The van der Waals surface area contributed by atoms with Gasteiger partial charge in [0.25, 0.3) is 5.91 Å². The zero-order chi connectivity index (χ0) is 32.0. The number of halogens is 5. The minimum Gasteiger partial charge on any atom is -0.485 e. The van der Waals surface area contributed by atoms with E-state index in [2.05, 4.69) is 15.6 Å². The SMILES string of the molecule is Cc1cc(OCc2c(F)cccc2F)c2nc(C)c(C(=O)NCC(C)NC(=O)OC(C)(C)C)n2c1.O=C(O)C(F)(F)F. The number of carboxylic acids is 1. The fraction of sp³-hybridized carbons (Fsp3) is 0.407. The molecule has 1 aromatic carbocycles. The van der Waals surface area contributed by atoms with Gasteiger partial charge < -0.3 is 25.2 Å². The second kappa shape index (κ2) is 13.5. The highest BCUT2D eigenvalue weighted by Crippen LogP contribution is 2.26. The van der Waals surface area contributed by atoms with Crippen LogP contribution in [0.1, 0.15) is 55.0 Å². The van der Waals surface area contributed by atoms with Crippen LogP contribution in [0.2, 0.25) is 0 Å². The number of alkyl halides is 3. The van der Waals surface area contributed by atoms with Gasteiger partial charge in [-0.15, -0.1) is 0 Å². The largest absolute Gasteiger partial charge is 0.490 e. The van der Waals surface area contributed by atoms with Gasteiger partial charge in [0, 0.05) is 18.8 Å². The number of nitrogens with one attached hydrogen (secondary N) is 2. The third-order valence-corrected chi connectivity index (χ3v) is 5.22. The Bertz CT molecular complexity index is 1430. The van der Waals surface area contributed by atoms with Gasteiger partial charge in [0.15, 0.2) is 11.4 Å². The van der Waals surface area contributed by atoms with Crippen LogP contribution in [-0.2, 0) is 16.1 Å². The fourth-order valence-corrected chi connectivity index (χ4v) is 3.45. The number of aryl methyl sites for hydroxylation is 2. The highest BCUT2D eigenvalue weighted by Gasteiger charge is 2.38. The normalized spacial score (nSPS) is 12.2. The Balaban J connectivity index is 0.000000782. The van der Waals surface area contributed by atoms with Crippen LogP contribution in [-0.4, -0.2) is 56.8 Å². The van der Waals surface area contributed by atoms with Gasteiger partial charge in [0.2, 0.25) is 0 Å². The number of fused-ring (bicyclic) bond motifs is 1. The van der Waals surface area contributed by atoms with E-state index in [0.29, 0.717) is 11.3 Å². The van der Waals surface area contributed by atoms with E-state index in [4.69, 9.17) is 19.4 Å². The van der Waals surface area contributed by atoms with Gasteiger partial charge in [0.05, 0.1) is 11.3 Å². The highest BCUT2D eigenvalue weighted by molar-refractivity contribution is 5.95. The number of carbonyl (C=O) groups is 3. The number of amides is 2. The van der Waals surface area contributed by atoms with Gasteiger partial charge in [-0.2, -0.15) is 13.2 Å². The predicted octanol–water partition coefficient (Wildman–Crippen LogP) is 5.08. The molecule has 2 heterocycles. The average Bonchev–Trinajstić information content (AvgIpc) is 3.16. The maximum Gasteiger partial charge on any atom is 0.490 e. The Hall–Kier alpha value is -4.43. The third-order valence-electron chi connectivity index (χ3n) is 5.22. The summed E-state index contributed by atoms with van der Waals surface area (Å²) in [5, 5.41) is 12.6. The van der Waals surface area contributed by atoms with Crippen LogP contribution >= 0.6 is 0 Å². The zero-order valence-corrected chi connectivity index (χ0v) is 23.7. The summed E-state index contributed by atoms with van der Waals surface area (Å²) >= 11 is 0. The smallest absolute Gasteiger partial charge is 0.485 e. The second-order valence-corrected chi connectivity index (χ2v) is 10.2. The van der Waals surface area contributed by atoms with E-state index in [0.717, 1.165) is 17.7 Å². The number of pyridine rings is 1. The number of nitrogens with zero attached hydrogens (tertiary/aromatic N) is 2. The Labute approximate surface area is 237 Å². The topological polar surface area (TPSA) is 131 Å². The quantitative estimate of drug-likeness (QED) is 0.321. The monoisotopic (exact) mass is 602 g/mol. The first-order valence-corrected chi connectivity index (χ1v) is 12.4. The van der Waals surface area contributed by atoms with Crippen molar-refractivity contribution in [1.82, 2.24) is 20.0 Å². The third kappa shape index (κ3) is 9.59. The van der Waals surface area contributed by atoms with Crippen molar-refractivity contribution in [3.8, 4) is 5.75 Å². The summed E-state index contributed by atoms with van der Waals surface area (Å²) in [5.74, 6) is -4.28. The molecule has 0 aliphatic rings. The van der Waals surface area contributed by atoms with Crippen molar-refractivity contribution in [2.75, 3.05) is 6.54 Å². The molecule has 0 spiro atoms. The standard InChI is InChI=1S/C25H30F2N4O4.C2HF3O2/c1-14-10-20(34-13-17-18(26)8-7-9-19(17)27)22-30-16(3)21(31(22)12-14)23(32)28-11-15(2)29-24(33)35-25(4,5)6;3-2(4,5)1(6)7/h7-10,12,15H,11,13H2,1-6H3,(H,28,32)(H,29,33);(H,6,7). The first-order valence-electron chi connectivity index (χ1n) is 12.4. The molecule has 15 heteroatoms. The molecular weight excluding hydrogens is 571 g/mol. The van der Waals surface area contributed by atoms with Crippen molar-refractivity contribution < 1.29 is 50.9 Å². The van der Waals surface area contributed by atoms with Gasteiger partial charge in [-0.1, -0.05) is 6.07 Å². The van der Waals surface area contributed by atoms with E-state index >= 15 is 0 Å².